The van der Waals surface area contributed by atoms with Gasteiger partial charge in [-0.15, -0.1) is 0 Å². The Balaban J connectivity index is 4.13. The Morgan fingerprint density at radius 1 is 0.275 bits per heavy atom. The van der Waals surface area contributed by atoms with Crippen LogP contribution in [0.15, 0.2) is 12.2 Å². The van der Waals surface area contributed by atoms with E-state index in [1.165, 1.54) is 250 Å². The highest BCUT2D eigenvalue weighted by Crippen LogP contribution is 2.18. The van der Waals surface area contributed by atoms with Crippen molar-refractivity contribution in [2.75, 3.05) is 13.2 Å². The molecule has 0 radical (unpaired) electrons. The van der Waals surface area contributed by atoms with Crippen LogP contribution in [0.2, 0.25) is 0 Å². The van der Waals surface area contributed by atoms with E-state index in [1.54, 1.807) is 0 Å². The molecule has 0 saturated heterocycles. The Kier molecular flexibility index (Phi) is 57.1. The summed E-state index contributed by atoms with van der Waals surface area (Å²) in [6, 6.07) is 0. The molecule has 6 nitrogen and oxygen atoms in total. The minimum atomic E-state index is -0.768. The molecule has 1 unspecified atom stereocenters. The summed E-state index contributed by atoms with van der Waals surface area (Å²) < 4.78 is 16.9. The van der Waals surface area contributed by atoms with Crippen LogP contribution in [0.4, 0.5) is 0 Å². The summed E-state index contributed by atoms with van der Waals surface area (Å²) in [6.07, 6.45) is 68.0. The van der Waals surface area contributed by atoms with Crippen LogP contribution in [0.25, 0.3) is 0 Å². The summed E-state index contributed by atoms with van der Waals surface area (Å²) in [5.74, 6) is -0.851. The molecule has 0 aromatic heterocycles. The van der Waals surface area contributed by atoms with E-state index in [0.717, 1.165) is 64.2 Å². The number of hydrogen-bond donors (Lipinski definition) is 0. The standard InChI is InChI=1S/C63H120O6/c1-4-7-10-13-16-19-22-25-26-27-28-29-30-31-32-33-34-35-36-37-39-41-44-47-50-53-56-62(65)68-59-60(58-67-61(64)55-52-49-46-43-40-24-21-18-15-12-9-6-3)69-63(66)57-54-51-48-45-42-38-23-20-17-14-11-8-5-2/h20,23,60H,4-19,21-22,24-59H2,1-3H3/b23-20-. The summed E-state index contributed by atoms with van der Waals surface area (Å²) in [6.45, 7) is 6.68. The highest BCUT2D eigenvalue weighted by Gasteiger charge is 2.19. The van der Waals surface area contributed by atoms with Crippen molar-refractivity contribution >= 4 is 17.9 Å². The Hall–Kier alpha value is -1.85. The maximum absolute atomic E-state index is 12.8. The topological polar surface area (TPSA) is 78.9 Å². The molecule has 0 heterocycles. The number of hydrogen-bond acceptors (Lipinski definition) is 6. The van der Waals surface area contributed by atoms with Gasteiger partial charge in [0, 0.05) is 19.3 Å². The third-order valence-corrected chi connectivity index (χ3v) is 14.3. The Morgan fingerprint density at radius 2 is 0.478 bits per heavy atom. The Bertz CT molecular complexity index is 1070. The normalized spacial score (nSPS) is 12.0. The molecular formula is C63H120O6. The van der Waals surface area contributed by atoms with Crippen LogP contribution >= 0.6 is 0 Å². The summed E-state index contributed by atoms with van der Waals surface area (Å²) >= 11 is 0. The number of carbonyl (C=O) groups excluding carboxylic acids is 3. The minimum Gasteiger partial charge on any atom is -0.462 e. The first-order valence-corrected chi connectivity index (χ1v) is 31.2. The molecule has 69 heavy (non-hydrogen) atoms. The predicted octanol–water partition coefficient (Wildman–Crippen LogP) is 20.9. The number of esters is 3. The fourth-order valence-corrected chi connectivity index (χ4v) is 9.56. The molecule has 0 aromatic rings. The number of unbranched alkanes of at least 4 members (excludes halogenated alkanes) is 45. The molecule has 0 aliphatic heterocycles. The van der Waals surface area contributed by atoms with Crippen LogP contribution in [-0.2, 0) is 28.6 Å². The van der Waals surface area contributed by atoms with Crippen LogP contribution < -0.4 is 0 Å². The van der Waals surface area contributed by atoms with Crippen molar-refractivity contribution in [2.45, 2.75) is 361 Å². The first-order chi connectivity index (χ1) is 34.0. The number of rotatable bonds is 58. The lowest BCUT2D eigenvalue weighted by Gasteiger charge is -2.18. The maximum Gasteiger partial charge on any atom is 0.306 e. The molecule has 0 saturated carbocycles. The van der Waals surface area contributed by atoms with Crippen LogP contribution in [-0.4, -0.2) is 37.2 Å². The zero-order chi connectivity index (χ0) is 50.0. The molecule has 1 atom stereocenters. The van der Waals surface area contributed by atoms with Crippen molar-refractivity contribution in [1.29, 1.82) is 0 Å². The van der Waals surface area contributed by atoms with Gasteiger partial charge in [0.25, 0.3) is 0 Å². The molecule has 0 rings (SSSR count). The monoisotopic (exact) mass is 973 g/mol. The second-order valence-electron chi connectivity index (χ2n) is 21.3. The molecular weight excluding hydrogens is 853 g/mol. The molecule has 408 valence electrons. The van der Waals surface area contributed by atoms with E-state index in [0.29, 0.717) is 19.3 Å². The third kappa shape index (κ3) is 56.9. The smallest absolute Gasteiger partial charge is 0.306 e. The maximum atomic E-state index is 12.8. The highest BCUT2D eigenvalue weighted by molar-refractivity contribution is 5.71. The predicted molar refractivity (Wildman–Crippen MR) is 298 cm³/mol. The lowest BCUT2D eigenvalue weighted by molar-refractivity contribution is -0.167. The molecule has 0 amide bonds. The largest absolute Gasteiger partial charge is 0.462 e. The van der Waals surface area contributed by atoms with E-state index in [-0.39, 0.29) is 31.1 Å². The highest BCUT2D eigenvalue weighted by atomic mass is 16.6. The summed E-state index contributed by atoms with van der Waals surface area (Å²) in [5, 5.41) is 0. The van der Waals surface area contributed by atoms with Crippen molar-refractivity contribution in [1.82, 2.24) is 0 Å². The molecule has 0 aromatic carbocycles. The zero-order valence-electron chi connectivity index (χ0n) is 46.9. The van der Waals surface area contributed by atoms with Gasteiger partial charge in [0.05, 0.1) is 0 Å². The second kappa shape index (κ2) is 58.7. The Morgan fingerprint density at radius 3 is 0.739 bits per heavy atom. The molecule has 0 spiro atoms. The molecule has 0 aliphatic carbocycles. The third-order valence-electron chi connectivity index (χ3n) is 14.3. The fraction of sp³-hybridized carbons (Fsp3) is 0.921. The van der Waals surface area contributed by atoms with Gasteiger partial charge in [-0.3, -0.25) is 14.4 Å². The lowest BCUT2D eigenvalue weighted by Crippen LogP contribution is -2.30. The van der Waals surface area contributed by atoms with Gasteiger partial charge >= 0.3 is 17.9 Å². The van der Waals surface area contributed by atoms with E-state index in [4.69, 9.17) is 14.2 Å². The van der Waals surface area contributed by atoms with Crippen molar-refractivity contribution in [2.24, 2.45) is 0 Å². The van der Waals surface area contributed by atoms with Gasteiger partial charge in [-0.2, -0.15) is 0 Å². The molecule has 6 heteroatoms. The quantitative estimate of drug-likeness (QED) is 0.0261. The molecule has 0 bridgehead atoms. The van der Waals surface area contributed by atoms with Crippen molar-refractivity contribution in [3.8, 4) is 0 Å². The van der Waals surface area contributed by atoms with E-state index in [1.807, 2.05) is 0 Å². The van der Waals surface area contributed by atoms with E-state index >= 15 is 0 Å². The van der Waals surface area contributed by atoms with E-state index in [9.17, 15) is 14.4 Å². The SMILES string of the molecule is CCCCCC/C=C\CCCCCCCC(=O)OC(COC(=O)CCCCCCCCCCCCCC)COC(=O)CCCCCCCCCCCCCCCCCCCCCCCCCCCC. The zero-order valence-corrected chi connectivity index (χ0v) is 46.9. The average molecular weight is 974 g/mol. The number of ether oxygens (including phenoxy) is 3. The minimum absolute atomic E-state index is 0.0674. The first kappa shape index (κ1) is 67.1. The first-order valence-electron chi connectivity index (χ1n) is 31.2. The van der Waals surface area contributed by atoms with Gasteiger partial charge in [-0.1, -0.05) is 303 Å². The number of carbonyl (C=O) groups is 3. The van der Waals surface area contributed by atoms with Crippen LogP contribution in [0.1, 0.15) is 355 Å². The second-order valence-corrected chi connectivity index (χ2v) is 21.3. The molecule has 0 fully saturated rings. The van der Waals surface area contributed by atoms with Gasteiger partial charge < -0.3 is 14.2 Å². The van der Waals surface area contributed by atoms with Gasteiger partial charge in [0.15, 0.2) is 6.10 Å². The summed E-state index contributed by atoms with van der Waals surface area (Å²) in [5.41, 5.74) is 0. The number of allylic oxidation sites excluding steroid dienone is 2. The average Bonchev–Trinajstić information content (AvgIpc) is 3.35. The van der Waals surface area contributed by atoms with Gasteiger partial charge in [0.1, 0.15) is 13.2 Å². The van der Waals surface area contributed by atoms with Gasteiger partial charge in [0.2, 0.25) is 0 Å². The van der Waals surface area contributed by atoms with Crippen molar-refractivity contribution in [3.63, 3.8) is 0 Å². The lowest BCUT2D eigenvalue weighted by atomic mass is 10.0. The Labute approximate surface area is 431 Å². The molecule has 0 aliphatic rings. The van der Waals surface area contributed by atoms with E-state index < -0.39 is 6.10 Å². The molecule has 0 N–H and O–H groups in total. The van der Waals surface area contributed by atoms with E-state index in [2.05, 4.69) is 32.9 Å². The van der Waals surface area contributed by atoms with Crippen molar-refractivity contribution in [3.05, 3.63) is 12.2 Å². The van der Waals surface area contributed by atoms with Crippen molar-refractivity contribution < 1.29 is 28.6 Å². The van der Waals surface area contributed by atoms with Gasteiger partial charge in [-0.05, 0) is 44.9 Å². The fourth-order valence-electron chi connectivity index (χ4n) is 9.56. The summed E-state index contributed by atoms with van der Waals surface area (Å²) in [4.78, 5) is 38.1. The van der Waals surface area contributed by atoms with Crippen LogP contribution in [0.5, 0.6) is 0 Å². The van der Waals surface area contributed by atoms with Gasteiger partial charge in [-0.25, -0.2) is 0 Å². The summed E-state index contributed by atoms with van der Waals surface area (Å²) in [7, 11) is 0. The van der Waals surface area contributed by atoms with Crippen LogP contribution in [0, 0.1) is 0 Å². The van der Waals surface area contributed by atoms with Crippen LogP contribution in [0.3, 0.4) is 0 Å².